The van der Waals surface area contributed by atoms with Crippen molar-refractivity contribution >= 4 is 29.1 Å². The maximum atomic E-state index is 12.4. The number of carbonyl (C=O) groups excluding carboxylic acids is 1. The van der Waals surface area contributed by atoms with Crippen LogP contribution in [-0.4, -0.2) is 33.4 Å². The molecule has 0 heterocycles. The Morgan fingerprint density at radius 1 is 1.30 bits per heavy atom. The standard InChI is InChI=1S/C15H21Cl2NO2/c1-2-3-9-15(16,17)14(20)18(10-11-19)12-13-7-5-4-6-8-13/h4-8,19H,2-3,9-12H2,1H3. The summed E-state index contributed by atoms with van der Waals surface area (Å²) >= 11 is 12.3. The number of hydrogen-bond donors (Lipinski definition) is 1. The minimum Gasteiger partial charge on any atom is -0.395 e. The molecule has 0 atom stereocenters. The zero-order valence-corrected chi connectivity index (χ0v) is 13.2. The number of amides is 1. The number of alkyl halides is 2. The Bertz CT molecular complexity index is 410. The van der Waals surface area contributed by atoms with Gasteiger partial charge in [0.15, 0.2) is 4.33 Å². The highest BCUT2D eigenvalue weighted by molar-refractivity contribution is 6.58. The van der Waals surface area contributed by atoms with Crippen molar-refractivity contribution in [2.45, 2.75) is 37.1 Å². The molecule has 0 aliphatic rings. The van der Waals surface area contributed by atoms with E-state index < -0.39 is 4.33 Å². The first-order chi connectivity index (χ1) is 9.51. The van der Waals surface area contributed by atoms with Gasteiger partial charge in [0.2, 0.25) is 0 Å². The van der Waals surface area contributed by atoms with Gasteiger partial charge < -0.3 is 10.0 Å². The quantitative estimate of drug-likeness (QED) is 0.747. The molecule has 1 amide bonds. The van der Waals surface area contributed by atoms with Crippen molar-refractivity contribution in [1.82, 2.24) is 4.90 Å². The van der Waals surface area contributed by atoms with Crippen molar-refractivity contribution in [1.29, 1.82) is 0 Å². The van der Waals surface area contributed by atoms with E-state index in [2.05, 4.69) is 0 Å². The summed E-state index contributed by atoms with van der Waals surface area (Å²) < 4.78 is -1.42. The van der Waals surface area contributed by atoms with Crippen molar-refractivity contribution in [3.8, 4) is 0 Å². The van der Waals surface area contributed by atoms with Crippen LogP contribution in [0.25, 0.3) is 0 Å². The summed E-state index contributed by atoms with van der Waals surface area (Å²) in [4.78, 5) is 13.9. The van der Waals surface area contributed by atoms with Crippen molar-refractivity contribution in [3.63, 3.8) is 0 Å². The molecule has 1 N–H and O–H groups in total. The molecule has 0 aliphatic heterocycles. The van der Waals surface area contributed by atoms with Crippen LogP contribution in [-0.2, 0) is 11.3 Å². The normalized spacial score (nSPS) is 11.4. The Hall–Kier alpha value is -0.770. The average Bonchev–Trinajstić information content (AvgIpc) is 2.45. The van der Waals surface area contributed by atoms with Gasteiger partial charge in [-0.2, -0.15) is 0 Å². The summed E-state index contributed by atoms with van der Waals surface area (Å²) in [5, 5.41) is 9.13. The van der Waals surface area contributed by atoms with Gasteiger partial charge in [-0.3, -0.25) is 4.79 Å². The number of unbranched alkanes of at least 4 members (excludes halogenated alkanes) is 1. The monoisotopic (exact) mass is 317 g/mol. The van der Waals surface area contributed by atoms with E-state index >= 15 is 0 Å². The minimum atomic E-state index is -1.42. The Balaban J connectivity index is 2.76. The van der Waals surface area contributed by atoms with E-state index in [0.717, 1.165) is 18.4 Å². The first kappa shape index (κ1) is 17.3. The third kappa shape index (κ3) is 5.31. The molecule has 0 radical (unpaired) electrons. The highest BCUT2D eigenvalue weighted by Gasteiger charge is 2.36. The van der Waals surface area contributed by atoms with Crippen LogP contribution in [0, 0.1) is 0 Å². The third-order valence-electron chi connectivity index (χ3n) is 3.03. The van der Waals surface area contributed by atoms with Crippen molar-refractivity contribution in [2.24, 2.45) is 0 Å². The molecular formula is C15H21Cl2NO2. The Labute approximate surface area is 130 Å². The molecule has 0 saturated carbocycles. The number of nitrogens with zero attached hydrogens (tertiary/aromatic N) is 1. The van der Waals surface area contributed by atoms with Crippen LogP contribution < -0.4 is 0 Å². The van der Waals surface area contributed by atoms with E-state index in [9.17, 15) is 4.79 Å². The van der Waals surface area contributed by atoms with Crippen LogP contribution in [0.3, 0.4) is 0 Å². The van der Waals surface area contributed by atoms with Gasteiger partial charge in [-0.1, -0.05) is 73.3 Å². The average molecular weight is 318 g/mol. The van der Waals surface area contributed by atoms with Gasteiger partial charge in [0.1, 0.15) is 0 Å². The molecule has 0 spiro atoms. The van der Waals surface area contributed by atoms with Gasteiger partial charge in [-0.25, -0.2) is 0 Å². The number of rotatable bonds is 8. The number of carbonyl (C=O) groups is 1. The van der Waals surface area contributed by atoms with Gasteiger partial charge in [0.05, 0.1) is 6.61 Å². The lowest BCUT2D eigenvalue weighted by Gasteiger charge is -2.28. The maximum Gasteiger partial charge on any atom is 0.259 e. The summed E-state index contributed by atoms with van der Waals surface area (Å²) in [7, 11) is 0. The zero-order chi connectivity index (χ0) is 15.0. The molecule has 0 aromatic heterocycles. The summed E-state index contributed by atoms with van der Waals surface area (Å²) in [6, 6.07) is 9.57. The van der Waals surface area contributed by atoms with Crippen LogP contribution in [0.4, 0.5) is 0 Å². The molecule has 20 heavy (non-hydrogen) atoms. The van der Waals surface area contributed by atoms with Crippen molar-refractivity contribution in [2.75, 3.05) is 13.2 Å². The molecule has 1 rings (SSSR count). The lowest BCUT2D eigenvalue weighted by Crippen LogP contribution is -2.43. The topological polar surface area (TPSA) is 40.5 Å². The molecular weight excluding hydrogens is 297 g/mol. The Morgan fingerprint density at radius 3 is 2.50 bits per heavy atom. The van der Waals surface area contributed by atoms with Crippen molar-refractivity contribution in [3.05, 3.63) is 35.9 Å². The zero-order valence-electron chi connectivity index (χ0n) is 11.7. The molecule has 0 aliphatic carbocycles. The molecule has 0 unspecified atom stereocenters. The summed E-state index contributed by atoms with van der Waals surface area (Å²) in [5.74, 6) is -0.341. The number of benzene rings is 1. The molecule has 1 aromatic rings. The van der Waals surface area contributed by atoms with Crippen LogP contribution in [0.15, 0.2) is 30.3 Å². The van der Waals surface area contributed by atoms with Gasteiger partial charge in [0.25, 0.3) is 5.91 Å². The highest BCUT2D eigenvalue weighted by atomic mass is 35.5. The highest BCUT2D eigenvalue weighted by Crippen LogP contribution is 2.30. The van der Waals surface area contributed by atoms with Crippen LogP contribution in [0.5, 0.6) is 0 Å². The second-order valence-corrected chi connectivity index (χ2v) is 6.23. The second kappa shape index (κ2) is 8.50. The van der Waals surface area contributed by atoms with E-state index in [1.165, 1.54) is 4.90 Å². The van der Waals surface area contributed by atoms with E-state index in [4.69, 9.17) is 28.3 Å². The number of aliphatic hydroxyl groups is 1. The van der Waals surface area contributed by atoms with Crippen LogP contribution in [0.2, 0.25) is 0 Å². The molecule has 0 saturated heterocycles. The van der Waals surface area contributed by atoms with E-state index in [0.29, 0.717) is 13.0 Å². The van der Waals surface area contributed by atoms with E-state index in [1.54, 1.807) is 0 Å². The molecule has 112 valence electrons. The van der Waals surface area contributed by atoms with E-state index in [-0.39, 0.29) is 19.1 Å². The fourth-order valence-electron chi connectivity index (χ4n) is 1.91. The number of halogens is 2. The minimum absolute atomic E-state index is 0.115. The number of hydrogen-bond acceptors (Lipinski definition) is 2. The summed E-state index contributed by atoms with van der Waals surface area (Å²) in [6.07, 6.45) is 2.13. The molecule has 0 fully saturated rings. The predicted molar refractivity (Wildman–Crippen MR) is 82.9 cm³/mol. The van der Waals surface area contributed by atoms with E-state index in [1.807, 2.05) is 37.3 Å². The summed E-state index contributed by atoms with van der Waals surface area (Å²) in [5.41, 5.74) is 0.980. The maximum absolute atomic E-state index is 12.4. The molecule has 3 nitrogen and oxygen atoms in total. The lowest BCUT2D eigenvalue weighted by molar-refractivity contribution is -0.133. The molecule has 0 bridgehead atoms. The number of aliphatic hydroxyl groups excluding tert-OH is 1. The molecule has 1 aromatic carbocycles. The predicted octanol–water partition coefficient (Wildman–Crippen LogP) is 3.37. The lowest BCUT2D eigenvalue weighted by atomic mass is 10.1. The van der Waals surface area contributed by atoms with Crippen molar-refractivity contribution < 1.29 is 9.90 Å². The summed E-state index contributed by atoms with van der Waals surface area (Å²) in [6.45, 7) is 2.52. The third-order valence-corrected chi connectivity index (χ3v) is 3.73. The van der Waals surface area contributed by atoms with Gasteiger partial charge in [-0.15, -0.1) is 0 Å². The van der Waals surface area contributed by atoms with Gasteiger partial charge >= 0.3 is 0 Å². The fraction of sp³-hybridized carbons (Fsp3) is 0.533. The molecule has 5 heteroatoms. The van der Waals surface area contributed by atoms with Gasteiger partial charge in [-0.05, 0) is 12.0 Å². The smallest absolute Gasteiger partial charge is 0.259 e. The largest absolute Gasteiger partial charge is 0.395 e. The van der Waals surface area contributed by atoms with Gasteiger partial charge in [0, 0.05) is 13.1 Å². The first-order valence-electron chi connectivity index (χ1n) is 6.83. The Morgan fingerprint density at radius 2 is 1.95 bits per heavy atom. The van der Waals surface area contributed by atoms with Crippen LogP contribution >= 0.6 is 23.2 Å². The second-order valence-electron chi connectivity index (χ2n) is 4.74. The first-order valence-corrected chi connectivity index (χ1v) is 7.59. The van der Waals surface area contributed by atoms with Crippen LogP contribution in [0.1, 0.15) is 31.7 Å². The fourth-order valence-corrected chi connectivity index (χ4v) is 2.42. The Kier molecular flexibility index (Phi) is 7.35. The SMILES string of the molecule is CCCCC(Cl)(Cl)C(=O)N(CCO)Cc1ccccc1.